The average molecular weight is 737 g/mol. The van der Waals surface area contributed by atoms with Crippen LogP contribution in [0.15, 0.2) is 231 Å². The fraction of sp³-hybridized carbons (Fsp3) is 0. The highest BCUT2D eigenvalue weighted by Gasteiger charge is 2.17. The number of hydrogen-bond donors (Lipinski definition) is 0. The van der Waals surface area contributed by atoms with E-state index in [2.05, 4.69) is 243 Å². The van der Waals surface area contributed by atoms with Crippen LogP contribution in [0.25, 0.3) is 100 Å². The van der Waals surface area contributed by atoms with Gasteiger partial charge >= 0.3 is 0 Å². The molecule has 10 aromatic rings. The van der Waals surface area contributed by atoms with Gasteiger partial charge < -0.3 is 0 Å². The first-order chi connectivity index (χ1) is 28.7. The van der Waals surface area contributed by atoms with Gasteiger partial charge in [0.1, 0.15) is 0 Å². The molecule has 0 aliphatic heterocycles. The van der Waals surface area contributed by atoms with E-state index in [0.29, 0.717) is 0 Å². The molecule has 0 aromatic heterocycles. The summed E-state index contributed by atoms with van der Waals surface area (Å²) >= 11 is 0. The van der Waals surface area contributed by atoms with Crippen molar-refractivity contribution in [1.82, 2.24) is 0 Å². The number of hydrogen-bond acceptors (Lipinski definition) is 0. The van der Waals surface area contributed by atoms with Crippen molar-refractivity contribution in [3.63, 3.8) is 0 Å². The molecule has 0 fully saturated rings. The van der Waals surface area contributed by atoms with Crippen LogP contribution in [0.5, 0.6) is 0 Å². The molecule has 0 atom stereocenters. The third-order valence-electron chi connectivity index (χ3n) is 11.3. The standard InChI is InChI=1S/C58H40/c1-4-14-43(15-5-1)46-30-26-41(27-31-46)24-25-42-28-32-48(33-29-42)57-53-20-10-12-22-55(53)58(56-23-13-11-21-54(56)57)49-36-34-47(35-37-49)52-39-50(44-16-6-2-7-17-44)38-51(40-52)45-18-8-3-9-19-45/h1-40H. The fourth-order valence-corrected chi connectivity index (χ4v) is 8.34. The second kappa shape index (κ2) is 15.5. The Morgan fingerprint density at radius 2 is 0.431 bits per heavy atom. The van der Waals surface area contributed by atoms with Gasteiger partial charge in [-0.3, -0.25) is 0 Å². The fourth-order valence-electron chi connectivity index (χ4n) is 8.34. The van der Waals surface area contributed by atoms with Gasteiger partial charge in [0, 0.05) is 0 Å². The van der Waals surface area contributed by atoms with Gasteiger partial charge in [0.15, 0.2) is 0 Å². The van der Waals surface area contributed by atoms with Crippen molar-refractivity contribution >= 4 is 33.7 Å². The molecule has 0 aliphatic carbocycles. The quantitative estimate of drug-likeness (QED) is 0.108. The zero-order valence-corrected chi connectivity index (χ0v) is 32.1. The second-order valence-corrected chi connectivity index (χ2v) is 14.9. The number of benzene rings is 10. The van der Waals surface area contributed by atoms with E-state index in [1.165, 1.54) is 99.4 Å². The van der Waals surface area contributed by atoms with E-state index < -0.39 is 0 Å². The molecule has 10 aromatic carbocycles. The first kappa shape index (κ1) is 34.9. The molecule has 0 saturated carbocycles. The van der Waals surface area contributed by atoms with Crippen LogP contribution in [0.4, 0.5) is 0 Å². The summed E-state index contributed by atoms with van der Waals surface area (Å²) in [4.78, 5) is 0. The maximum atomic E-state index is 2.32. The van der Waals surface area contributed by atoms with Crippen molar-refractivity contribution in [2.45, 2.75) is 0 Å². The Morgan fingerprint density at radius 1 is 0.190 bits per heavy atom. The van der Waals surface area contributed by atoms with Crippen molar-refractivity contribution in [1.29, 1.82) is 0 Å². The molecule has 0 N–H and O–H groups in total. The summed E-state index contributed by atoms with van der Waals surface area (Å²) in [7, 11) is 0. The van der Waals surface area contributed by atoms with Crippen LogP contribution in [0.3, 0.4) is 0 Å². The lowest BCUT2D eigenvalue weighted by Gasteiger charge is -2.18. The van der Waals surface area contributed by atoms with Gasteiger partial charge in [0.25, 0.3) is 0 Å². The third kappa shape index (κ3) is 6.93. The molecule has 0 bridgehead atoms. The zero-order chi connectivity index (χ0) is 38.7. The Labute approximate surface area is 340 Å². The van der Waals surface area contributed by atoms with E-state index in [4.69, 9.17) is 0 Å². The first-order valence-electron chi connectivity index (χ1n) is 20.0. The predicted octanol–water partition coefficient (Wildman–Crippen LogP) is 16.2. The Hall–Kier alpha value is -7.54. The lowest BCUT2D eigenvalue weighted by Crippen LogP contribution is -1.91. The van der Waals surface area contributed by atoms with Gasteiger partial charge in [-0.2, -0.15) is 0 Å². The molecule has 0 amide bonds. The van der Waals surface area contributed by atoms with Crippen LogP contribution in [0.1, 0.15) is 11.1 Å². The lowest BCUT2D eigenvalue weighted by atomic mass is 9.85. The van der Waals surface area contributed by atoms with Gasteiger partial charge in [-0.1, -0.05) is 224 Å². The highest BCUT2D eigenvalue weighted by atomic mass is 14.2. The molecule has 0 heterocycles. The predicted molar refractivity (Wildman–Crippen MR) is 249 cm³/mol. The molecule has 0 radical (unpaired) electrons. The van der Waals surface area contributed by atoms with Crippen LogP contribution in [0, 0.1) is 0 Å². The van der Waals surface area contributed by atoms with Gasteiger partial charge in [-0.15, -0.1) is 0 Å². The highest BCUT2D eigenvalue weighted by Crippen LogP contribution is 2.44. The first-order valence-corrected chi connectivity index (χ1v) is 20.0. The minimum atomic E-state index is 1.17. The Morgan fingerprint density at radius 3 is 0.793 bits per heavy atom. The number of fused-ring (bicyclic) bond motifs is 2. The normalized spacial score (nSPS) is 11.4. The maximum Gasteiger partial charge on any atom is -0.00264 e. The molecular weight excluding hydrogens is 697 g/mol. The second-order valence-electron chi connectivity index (χ2n) is 14.9. The maximum absolute atomic E-state index is 2.32. The van der Waals surface area contributed by atoms with Crippen LogP contribution in [-0.2, 0) is 0 Å². The average Bonchev–Trinajstić information content (AvgIpc) is 3.31. The molecule has 0 unspecified atom stereocenters. The van der Waals surface area contributed by atoms with Gasteiger partial charge in [-0.05, 0) is 118 Å². The third-order valence-corrected chi connectivity index (χ3v) is 11.3. The molecule has 0 heteroatoms. The Bertz CT molecular complexity index is 2910. The molecule has 10 rings (SSSR count). The van der Waals surface area contributed by atoms with Crippen molar-refractivity contribution in [3.05, 3.63) is 242 Å². The monoisotopic (exact) mass is 736 g/mol. The Kier molecular flexibility index (Phi) is 9.35. The van der Waals surface area contributed by atoms with Crippen LogP contribution >= 0.6 is 0 Å². The molecule has 0 spiro atoms. The molecular formula is C58H40. The van der Waals surface area contributed by atoms with Crippen molar-refractivity contribution in [2.24, 2.45) is 0 Å². The van der Waals surface area contributed by atoms with Crippen molar-refractivity contribution in [3.8, 4) is 66.8 Å². The van der Waals surface area contributed by atoms with E-state index in [-0.39, 0.29) is 0 Å². The molecule has 0 aliphatic rings. The Balaban J connectivity index is 1.00. The highest BCUT2D eigenvalue weighted by molar-refractivity contribution is 6.21. The minimum absolute atomic E-state index is 1.17. The summed E-state index contributed by atoms with van der Waals surface area (Å²) in [5, 5.41) is 5.02. The number of rotatable bonds is 8. The van der Waals surface area contributed by atoms with Gasteiger partial charge in [-0.25, -0.2) is 0 Å². The molecule has 0 nitrogen and oxygen atoms in total. The SMILES string of the molecule is C(=Cc1ccc(-c2c3ccccc3c(-c3ccc(-c4cc(-c5ccccc5)cc(-c5ccccc5)c4)cc3)c3ccccc23)cc1)c1ccc(-c2ccccc2)cc1. The van der Waals surface area contributed by atoms with Crippen molar-refractivity contribution in [2.75, 3.05) is 0 Å². The lowest BCUT2D eigenvalue weighted by molar-refractivity contribution is 1.56. The van der Waals surface area contributed by atoms with E-state index in [1.807, 2.05) is 0 Å². The summed E-state index contributed by atoms with van der Waals surface area (Å²) in [6, 6.07) is 83.6. The van der Waals surface area contributed by atoms with Gasteiger partial charge in [0.2, 0.25) is 0 Å². The summed E-state index contributed by atoms with van der Waals surface area (Å²) in [6.07, 6.45) is 4.39. The smallest absolute Gasteiger partial charge is 0.00264 e. The summed E-state index contributed by atoms with van der Waals surface area (Å²) in [5.41, 5.74) is 17.0. The molecule has 58 heavy (non-hydrogen) atoms. The molecule has 272 valence electrons. The van der Waals surface area contributed by atoms with Crippen LogP contribution < -0.4 is 0 Å². The topological polar surface area (TPSA) is 0 Å². The zero-order valence-electron chi connectivity index (χ0n) is 32.1. The van der Waals surface area contributed by atoms with E-state index in [0.717, 1.165) is 0 Å². The van der Waals surface area contributed by atoms with Crippen LogP contribution in [-0.4, -0.2) is 0 Å². The molecule has 0 saturated heterocycles. The van der Waals surface area contributed by atoms with E-state index in [9.17, 15) is 0 Å². The van der Waals surface area contributed by atoms with Crippen molar-refractivity contribution < 1.29 is 0 Å². The van der Waals surface area contributed by atoms with E-state index >= 15 is 0 Å². The summed E-state index contributed by atoms with van der Waals surface area (Å²) in [6.45, 7) is 0. The van der Waals surface area contributed by atoms with Crippen LogP contribution in [0.2, 0.25) is 0 Å². The largest absolute Gasteiger partial charge is 0.0622 e. The minimum Gasteiger partial charge on any atom is -0.0622 e. The van der Waals surface area contributed by atoms with Gasteiger partial charge in [0.05, 0.1) is 0 Å². The summed E-state index contributed by atoms with van der Waals surface area (Å²) in [5.74, 6) is 0. The van der Waals surface area contributed by atoms with E-state index in [1.54, 1.807) is 0 Å². The summed E-state index contributed by atoms with van der Waals surface area (Å²) < 4.78 is 0.